The number of likely N-dealkylation sites (tertiary alicyclic amines) is 2. The van der Waals surface area contributed by atoms with Gasteiger partial charge in [-0.3, -0.25) is 9.48 Å². The Morgan fingerprint density at radius 1 is 1.00 bits per heavy atom. The fourth-order valence-corrected chi connectivity index (χ4v) is 4.84. The van der Waals surface area contributed by atoms with Gasteiger partial charge < -0.3 is 9.80 Å². The molecule has 0 radical (unpaired) electrons. The highest BCUT2D eigenvalue weighted by molar-refractivity contribution is 5.79. The molecule has 24 heavy (non-hydrogen) atoms. The van der Waals surface area contributed by atoms with E-state index in [9.17, 15) is 4.79 Å². The van der Waals surface area contributed by atoms with Gasteiger partial charge in [-0.05, 0) is 50.6 Å². The van der Waals surface area contributed by atoms with E-state index >= 15 is 0 Å². The molecule has 0 bridgehead atoms. The van der Waals surface area contributed by atoms with E-state index in [2.05, 4.69) is 20.1 Å². The summed E-state index contributed by atoms with van der Waals surface area (Å²) in [6.45, 7) is 6.02. The van der Waals surface area contributed by atoms with Crippen LogP contribution >= 0.6 is 0 Å². The van der Waals surface area contributed by atoms with Gasteiger partial charge >= 0.3 is 0 Å². The molecule has 0 aromatic carbocycles. The number of piperidine rings is 1. The first-order valence-corrected chi connectivity index (χ1v) is 9.65. The lowest BCUT2D eigenvalue weighted by Crippen LogP contribution is -2.42. The zero-order chi connectivity index (χ0) is 16.4. The van der Waals surface area contributed by atoms with Gasteiger partial charge in [0.15, 0.2) is 0 Å². The van der Waals surface area contributed by atoms with E-state index in [1.807, 2.05) is 10.9 Å². The number of nitrogens with zero attached hydrogens (tertiary/aromatic N) is 5. The number of fused-ring (bicyclic) bond motifs is 1. The van der Waals surface area contributed by atoms with Gasteiger partial charge in [0.1, 0.15) is 0 Å². The molecule has 0 spiro atoms. The molecule has 1 aromatic heterocycles. The second kappa shape index (κ2) is 7.21. The molecular weight excluding hydrogens is 302 g/mol. The van der Waals surface area contributed by atoms with Crippen LogP contribution in [0.25, 0.3) is 0 Å². The summed E-state index contributed by atoms with van der Waals surface area (Å²) in [5.74, 6) is 2.30. The minimum absolute atomic E-state index is 0.257. The molecule has 2 unspecified atom stereocenters. The summed E-state index contributed by atoms with van der Waals surface area (Å²) in [6, 6.07) is 0. The topological polar surface area (TPSA) is 54.3 Å². The molecule has 0 N–H and O–H groups in total. The third-order valence-corrected chi connectivity index (χ3v) is 6.34. The smallest absolute Gasteiger partial charge is 0.225 e. The second-order valence-corrected chi connectivity index (χ2v) is 7.83. The standard InChI is InChI=1S/C18H29N5O/c24-18(22-13-16-3-1-2-4-17(16)14-22)15-5-8-21(9-6-15)11-12-23-10-7-19-20-23/h7,10,15-17H,1-6,8-9,11-14H2. The third-order valence-electron chi connectivity index (χ3n) is 6.34. The van der Waals surface area contributed by atoms with Crippen LogP contribution in [0, 0.1) is 17.8 Å². The molecule has 1 aliphatic carbocycles. The highest BCUT2D eigenvalue weighted by Crippen LogP contribution is 2.37. The predicted octanol–water partition coefficient (Wildman–Crippen LogP) is 1.64. The van der Waals surface area contributed by atoms with Crippen molar-refractivity contribution in [2.24, 2.45) is 17.8 Å². The van der Waals surface area contributed by atoms with Crippen LogP contribution in [0.4, 0.5) is 0 Å². The van der Waals surface area contributed by atoms with Crippen molar-refractivity contribution in [2.75, 3.05) is 32.7 Å². The summed E-state index contributed by atoms with van der Waals surface area (Å²) >= 11 is 0. The van der Waals surface area contributed by atoms with Gasteiger partial charge in [0, 0.05) is 31.7 Å². The van der Waals surface area contributed by atoms with Crippen molar-refractivity contribution in [3.05, 3.63) is 12.4 Å². The number of carbonyl (C=O) groups is 1. The zero-order valence-corrected chi connectivity index (χ0v) is 14.5. The molecule has 3 heterocycles. The number of hydrogen-bond acceptors (Lipinski definition) is 4. The fourth-order valence-electron chi connectivity index (χ4n) is 4.84. The Labute approximate surface area is 144 Å². The van der Waals surface area contributed by atoms with Crippen molar-refractivity contribution in [2.45, 2.75) is 45.1 Å². The maximum Gasteiger partial charge on any atom is 0.225 e. The second-order valence-electron chi connectivity index (χ2n) is 7.83. The average Bonchev–Trinajstić information content (AvgIpc) is 3.29. The van der Waals surface area contributed by atoms with Crippen LogP contribution in [0.3, 0.4) is 0 Å². The van der Waals surface area contributed by atoms with Gasteiger partial charge in [-0.15, -0.1) is 5.10 Å². The highest BCUT2D eigenvalue weighted by atomic mass is 16.2. The van der Waals surface area contributed by atoms with Crippen molar-refractivity contribution in [1.29, 1.82) is 0 Å². The van der Waals surface area contributed by atoms with Crippen molar-refractivity contribution in [1.82, 2.24) is 24.8 Å². The first-order valence-electron chi connectivity index (χ1n) is 9.65. The van der Waals surface area contributed by atoms with E-state index in [1.54, 1.807) is 6.20 Å². The van der Waals surface area contributed by atoms with Gasteiger partial charge in [0.2, 0.25) is 5.91 Å². The molecule has 3 fully saturated rings. The quantitative estimate of drug-likeness (QED) is 0.842. The molecule has 3 aliphatic rings. The predicted molar refractivity (Wildman–Crippen MR) is 91.2 cm³/mol. The van der Waals surface area contributed by atoms with Crippen LogP contribution in [-0.2, 0) is 11.3 Å². The Bertz CT molecular complexity index is 524. The van der Waals surface area contributed by atoms with Gasteiger partial charge in [-0.2, -0.15) is 0 Å². The summed E-state index contributed by atoms with van der Waals surface area (Å²) in [5.41, 5.74) is 0. The zero-order valence-electron chi connectivity index (χ0n) is 14.5. The van der Waals surface area contributed by atoms with E-state index in [4.69, 9.17) is 0 Å². The number of carbonyl (C=O) groups excluding carboxylic acids is 1. The Kier molecular flexibility index (Phi) is 4.83. The first-order chi connectivity index (χ1) is 11.8. The molecular formula is C18H29N5O. The Balaban J connectivity index is 1.23. The third kappa shape index (κ3) is 3.48. The van der Waals surface area contributed by atoms with Crippen LogP contribution in [0.2, 0.25) is 0 Å². The van der Waals surface area contributed by atoms with Crippen LogP contribution in [-0.4, -0.2) is 63.4 Å². The van der Waals surface area contributed by atoms with Crippen molar-refractivity contribution < 1.29 is 4.79 Å². The summed E-state index contributed by atoms with van der Waals surface area (Å²) in [6.07, 6.45) is 11.1. The van der Waals surface area contributed by atoms with Gasteiger partial charge in [-0.1, -0.05) is 18.1 Å². The monoisotopic (exact) mass is 331 g/mol. The minimum atomic E-state index is 0.257. The maximum absolute atomic E-state index is 12.9. The summed E-state index contributed by atoms with van der Waals surface area (Å²) in [5, 5.41) is 7.85. The number of rotatable bonds is 4. The van der Waals surface area contributed by atoms with Crippen LogP contribution in [0.15, 0.2) is 12.4 Å². The molecule has 2 saturated heterocycles. The Hall–Kier alpha value is -1.43. The maximum atomic E-state index is 12.9. The molecule has 1 amide bonds. The molecule has 1 aromatic rings. The summed E-state index contributed by atoms with van der Waals surface area (Å²) < 4.78 is 1.88. The summed E-state index contributed by atoms with van der Waals surface area (Å²) in [4.78, 5) is 17.5. The van der Waals surface area contributed by atoms with E-state index in [0.29, 0.717) is 5.91 Å². The van der Waals surface area contributed by atoms with Gasteiger partial charge in [0.25, 0.3) is 0 Å². The van der Waals surface area contributed by atoms with Crippen molar-refractivity contribution in [3.8, 4) is 0 Å². The molecule has 2 aliphatic heterocycles. The molecule has 132 valence electrons. The van der Waals surface area contributed by atoms with E-state index in [0.717, 1.165) is 63.9 Å². The van der Waals surface area contributed by atoms with E-state index in [-0.39, 0.29) is 5.92 Å². The number of amides is 1. The van der Waals surface area contributed by atoms with E-state index < -0.39 is 0 Å². The molecule has 4 rings (SSSR count). The van der Waals surface area contributed by atoms with Crippen LogP contribution in [0.5, 0.6) is 0 Å². The Morgan fingerprint density at radius 3 is 2.33 bits per heavy atom. The van der Waals surface area contributed by atoms with E-state index in [1.165, 1.54) is 25.7 Å². The lowest BCUT2D eigenvalue weighted by molar-refractivity contribution is -0.136. The molecule has 2 atom stereocenters. The summed E-state index contributed by atoms with van der Waals surface area (Å²) in [7, 11) is 0. The molecule has 1 saturated carbocycles. The molecule has 6 heteroatoms. The highest BCUT2D eigenvalue weighted by Gasteiger charge is 2.38. The minimum Gasteiger partial charge on any atom is -0.342 e. The van der Waals surface area contributed by atoms with Gasteiger partial charge in [-0.25, -0.2) is 0 Å². The largest absolute Gasteiger partial charge is 0.342 e. The SMILES string of the molecule is O=C(C1CCN(CCn2ccnn2)CC1)N1CC2CCCCC2C1. The molecule has 6 nitrogen and oxygen atoms in total. The first kappa shape index (κ1) is 16.1. The number of hydrogen-bond donors (Lipinski definition) is 0. The average molecular weight is 331 g/mol. The van der Waals surface area contributed by atoms with Crippen molar-refractivity contribution >= 4 is 5.91 Å². The van der Waals surface area contributed by atoms with Crippen LogP contribution < -0.4 is 0 Å². The van der Waals surface area contributed by atoms with Gasteiger partial charge in [0.05, 0.1) is 12.7 Å². The lowest BCUT2D eigenvalue weighted by atomic mass is 9.82. The Morgan fingerprint density at radius 2 is 1.71 bits per heavy atom. The van der Waals surface area contributed by atoms with Crippen LogP contribution in [0.1, 0.15) is 38.5 Å². The van der Waals surface area contributed by atoms with Crippen molar-refractivity contribution in [3.63, 3.8) is 0 Å². The lowest BCUT2D eigenvalue weighted by Gasteiger charge is -2.33. The number of aromatic nitrogens is 3. The fraction of sp³-hybridized carbons (Fsp3) is 0.833. The normalized spacial score (nSPS) is 28.9.